The van der Waals surface area contributed by atoms with Gasteiger partial charge in [0.2, 0.25) is 0 Å². The average Bonchev–Trinajstić information content (AvgIpc) is 2.16. The zero-order valence-electron chi connectivity index (χ0n) is 7.65. The molecule has 0 aliphatic carbocycles. The van der Waals surface area contributed by atoms with E-state index in [-0.39, 0.29) is 5.78 Å². The van der Waals surface area contributed by atoms with E-state index in [2.05, 4.69) is 0 Å². The van der Waals surface area contributed by atoms with Gasteiger partial charge in [0, 0.05) is 5.56 Å². The van der Waals surface area contributed by atoms with Crippen LogP contribution in [0.2, 0.25) is 0 Å². The maximum absolute atomic E-state index is 10.9. The molecule has 0 bridgehead atoms. The lowest BCUT2D eigenvalue weighted by Gasteiger charge is -2.11. The Morgan fingerprint density at radius 2 is 2.08 bits per heavy atom. The minimum atomic E-state index is -1.09. The molecule has 0 spiro atoms. The first kappa shape index (κ1) is 9.74. The maximum atomic E-state index is 10.9. The normalized spacial score (nSPS) is 12.2. The van der Waals surface area contributed by atoms with Crippen molar-refractivity contribution < 1.29 is 14.6 Å². The second kappa shape index (κ2) is 4.05. The Bertz CT molecular complexity index is 307. The standard InChI is InChI=1S/C10H12O3/c1-7(11)10(12)8-5-3-4-6-9(8)13-2/h3-6,10,12H,1-2H3/t10-/m1/s1. The van der Waals surface area contributed by atoms with Crippen LogP contribution < -0.4 is 4.74 Å². The number of methoxy groups -OCH3 is 1. The minimum absolute atomic E-state index is 0.287. The predicted octanol–water partition coefficient (Wildman–Crippen LogP) is 1.32. The number of ketones is 1. The summed E-state index contributed by atoms with van der Waals surface area (Å²) < 4.78 is 5.00. The van der Waals surface area contributed by atoms with Gasteiger partial charge in [0.15, 0.2) is 5.78 Å². The zero-order valence-corrected chi connectivity index (χ0v) is 7.65. The average molecular weight is 180 g/mol. The molecule has 1 rings (SSSR count). The highest BCUT2D eigenvalue weighted by atomic mass is 16.5. The van der Waals surface area contributed by atoms with Crippen LogP contribution in [0.1, 0.15) is 18.6 Å². The largest absolute Gasteiger partial charge is 0.496 e. The van der Waals surface area contributed by atoms with Crippen molar-refractivity contribution in [3.63, 3.8) is 0 Å². The molecule has 1 aromatic carbocycles. The monoisotopic (exact) mass is 180 g/mol. The molecular weight excluding hydrogens is 168 g/mol. The highest BCUT2D eigenvalue weighted by molar-refractivity contribution is 5.82. The molecular formula is C10H12O3. The van der Waals surface area contributed by atoms with Crippen molar-refractivity contribution in [3.8, 4) is 5.75 Å². The predicted molar refractivity (Wildman–Crippen MR) is 48.6 cm³/mol. The third-order valence-electron chi connectivity index (χ3n) is 1.82. The van der Waals surface area contributed by atoms with Crippen LogP contribution in [-0.2, 0) is 4.79 Å². The first-order chi connectivity index (χ1) is 6.16. The number of carbonyl (C=O) groups excluding carboxylic acids is 1. The number of rotatable bonds is 3. The van der Waals surface area contributed by atoms with Crippen LogP contribution in [0.5, 0.6) is 5.75 Å². The number of carbonyl (C=O) groups is 1. The molecule has 1 aromatic rings. The van der Waals surface area contributed by atoms with Crippen molar-refractivity contribution >= 4 is 5.78 Å². The van der Waals surface area contributed by atoms with Gasteiger partial charge in [0.25, 0.3) is 0 Å². The second-order valence-corrected chi connectivity index (χ2v) is 2.76. The summed E-state index contributed by atoms with van der Waals surface area (Å²) in [6.07, 6.45) is -1.09. The van der Waals surface area contributed by atoms with E-state index in [1.807, 2.05) is 0 Å². The lowest BCUT2D eigenvalue weighted by molar-refractivity contribution is -0.125. The van der Waals surface area contributed by atoms with Crippen LogP contribution in [0.3, 0.4) is 0 Å². The Morgan fingerprint density at radius 3 is 2.62 bits per heavy atom. The summed E-state index contributed by atoms with van der Waals surface area (Å²) in [5.74, 6) is 0.245. The molecule has 0 aliphatic rings. The molecule has 0 aromatic heterocycles. The fourth-order valence-electron chi connectivity index (χ4n) is 1.11. The van der Waals surface area contributed by atoms with Gasteiger partial charge in [-0.15, -0.1) is 0 Å². The summed E-state index contributed by atoms with van der Waals surface area (Å²) in [6.45, 7) is 1.34. The molecule has 3 heteroatoms. The minimum Gasteiger partial charge on any atom is -0.496 e. The summed E-state index contributed by atoms with van der Waals surface area (Å²) in [4.78, 5) is 10.9. The number of Topliss-reactive ketones (excluding diaryl/α,β-unsaturated/α-hetero) is 1. The molecule has 0 saturated carbocycles. The summed E-state index contributed by atoms with van der Waals surface area (Å²) in [5.41, 5.74) is 0.512. The van der Waals surface area contributed by atoms with Crippen molar-refractivity contribution in [3.05, 3.63) is 29.8 Å². The molecule has 0 unspecified atom stereocenters. The van der Waals surface area contributed by atoms with Gasteiger partial charge in [0.1, 0.15) is 11.9 Å². The van der Waals surface area contributed by atoms with E-state index < -0.39 is 6.10 Å². The van der Waals surface area contributed by atoms with Crippen molar-refractivity contribution in [1.29, 1.82) is 0 Å². The molecule has 0 radical (unpaired) electrons. The van der Waals surface area contributed by atoms with E-state index >= 15 is 0 Å². The van der Waals surface area contributed by atoms with E-state index in [0.29, 0.717) is 11.3 Å². The Balaban J connectivity index is 3.05. The number of aliphatic hydroxyl groups excluding tert-OH is 1. The van der Waals surface area contributed by atoms with Crippen LogP contribution in [0.25, 0.3) is 0 Å². The summed E-state index contributed by atoms with van der Waals surface area (Å²) >= 11 is 0. The molecule has 70 valence electrons. The Morgan fingerprint density at radius 1 is 1.46 bits per heavy atom. The van der Waals surface area contributed by atoms with Gasteiger partial charge in [-0.1, -0.05) is 18.2 Å². The van der Waals surface area contributed by atoms with Crippen LogP contribution in [-0.4, -0.2) is 18.0 Å². The first-order valence-electron chi connectivity index (χ1n) is 3.98. The highest BCUT2D eigenvalue weighted by Crippen LogP contribution is 2.24. The van der Waals surface area contributed by atoms with Crippen molar-refractivity contribution in [2.24, 2.45) is 0 Å². The quantitative estimate of drug-likeness (QED) is 0.763. The van der Waals surface area contributed by atoms with Gasteiger partial charge in [-0.3, -0.25) is 4.79 Å². The highest BCUT2D eigenvalue weighted by Gasteiger charge is 2.16. The van der Waals surface area contributed by atoms with Gasteiger partial charge in [0.05, 0.1) is 7.11 Å². The lowest BCUT2D eigenvalue weighted by Crippen LogP contribution is -2.08. The van der Waals surface area contributed by atoms with Crippen LogP contribution in [0, 0.1) is 0 Å². The van der Waals surface area contributed by atoms with Crippen LogP contribution in [0.4, 0.5) is 0 Å². The van der Waals surface area contributed by atoms with E-state index in [0.717, 1.165) is 0 Å². The number of aliphatic hydroxyl groups is 1. The molecule has 1 N–H and O–H groups in total. The second-order valence-electron chi connectivity index (χ2n) is 2.76. The molecule has 0 heterocycles. The molecule has 3 nitrogen and oxygen atoms in total. The fraction of sp³-hybridized carbons (Fsp3) is 0.300. The summed E-state index contributed by atoms with van der Waals surface area (Å²) in [5, 5.41) is 9.48. The van der Waals surface area contributed by atoms with Gasteiger partial charge in [-0.25, -0.2) is 0 Å². The van der Waals surface area contributed by atoms with Crippen molar-refractivity contribution in [1.82, 2.24) is 0 Å². The summed E-state index contributed by atoms with van der Waals surface area (Å²) in [6, 6.07) is 6.92. The fourth-order valence-corrected chi connectivity index (χ4v) is 1.11. The van der Waals surface area contributed by atoms with E-state index in [4.69, 9.17) is 4.74 Å². The van der Waals surface area contributed by atoms with E-state index in [1.54, 1.807) is 24.3 Å². The SMILES string of the molecule is COc1ccccc1[C@H](O)C(C)=O. The van der Waals surface area contributed by atoms with Gasteiger partial charge < -0.3 is 9.84 Å². The molecule has 0 saturated heterocycles. The van der Waals surface area contributed by atoms with Gasteiger partial charge in [-0.2, -0.15) is 0 Å². The number of hydrogen-bond acceptors (Lipinski definition) is 3. The molecule has 0 amide bonds. The number of para-hydroxylation sites is 1. The summed E-state index contributed by atoms with van der Waals surface area (Å²) in [7, 11) is 1.51. The van der Waals surface area contributed by atoms with Gasteiger partial charge >= 0.3 is 0 Å². The third kappa shape index (κ3) is 2.06. The Hall–Kier alpha value is -1.35. The Kier molecular flexibility index (Phi) is 3.03. The van der Waals surface area contributed by atoms with Crippen molar-refractivity contribution in [2.45, 2.75) is 13.0 Å². The lowest BCUT2D eigenvalue weighted by atomic mass is 10.1. The Labute approximate surface area is 77.0 Å². The molecule has 0 aliphatic heterocycles. The smallest absolute Gasteiger partial charge is 0.162 e. The third-order valence-corrected chi connectivity index (χ3v) is 1.82. The molecule has 13 heavy (non-hydrogen) atoms. The van der Waals surface area contributed by atoms with Crippen molar-refractivity contribution in [2.75, 3.05) is 7.11 Å². The zero-order chi connectivity index (χ0) is 9.84. The van der Waals surface area contributed by atoms with E-state index in [1.165, 1.54) is 14.0 Å². The molecule has 1 atom stereocenters. The number of benzene rings is 1. The number of hydrogen-bond donors (Lipinski definition) is 1. The maximum Gasteiger partial charge on any atom is 0.162 e. The first-order valence-corrected chi connectivity index (χ1v) is 3.98. The van der Waals surface area contributed by atoms with E-state index in [9.17, 15) is 9.90 Å². The van der Waals surface area contributed by atoms with Crippen LogP contribution in [0.15, 0.2) is 24.3 Å². The van der Waals surface area contributed by atoms with Gasteiger partial charge in [-0.05, 0) is 13.0 Å². The van der Waals surface area contributed by atoms with Crippen LogP contribution >= 0.6 is 0 Å². The molecule has 0 fully saturated rings. The topological polar surface area (TPSA) is 46.5 Å². The number of ether oxygens (including phenoxy) is 1.